The predicted molar refractivity (Wildman–Crippen MR) is 623 cm³/mol. The average molecular weight is 1920 g/mol. The molecule has 9 aromatic heterocycles. The lowest BCUT2D eigenvalue weighted by Gasteiger charge is -2.34. The first-order valence-electron chi connectivity index (χ1n) is 49.3. The van der Waals surface area contributed by atoms with Crippen molar-refractivity contribution in [3.8, 4) is 83.8 Å². The quantitative estimate of drug-likeness (QED) is 0.0854. The zero-order valence-corrected chi connectivity index (χ0v) is 82.0. The molecule has 678 valence electrons. The van der Waals surface area contributed by atoms with Crippen LogP contribution in [0.3, 0.4) is 0 Å². The van der Waals surface area contributed by atoms with Gasteiger partial charge < -0.3 is 13.7 Å². The van der Waals surface area contributed by atoms with Crippen molar-refractivity contribution in [2.75, 3.05) is 0 Å². The van der Waals surface area contributed by atoms with E-state index in [2.05, 4.69) is 517 Å². The molecular weight excluding hydrogens is 1830 g/mol. The zero-order chi connectivity index (χ0) is 95.6. The van der Waals surface area contributed by atoms with Gasteiger partial charge in [-0.3, -0.25) is 15.0 Å². The van der Waals surface area contributed by atoms with Gasteiger partial charge in [0.05, 0.1) is 63.8 Å². The number of para-hydroxylation sites is 6. The molecule has 30 aromatic rings. The number of thiophene rings is 3. The summed E-state index contributed by atoms with van der Waals surface area (Å²) in [6, 6.07) is 184. The number of nitrogens with zero attached hydrogens (tertiary/aromatic N) is 6. The Kier molecular flexibility index (Phi) is 20.8. The van der Waals surface area contributed by atoms with E-state index in [1.165, 1.54) is 207 Å². The Bertz CT molecular complexity index is 10000. The van der Waals surface area contributed by atoms with Gasteiger partial charge in [-0.05, 0) is 209 Å². The molecule has 0 spiro atoms. The summed E-state index contributed by atoms with van der Waals surface area (Å²) in [7, 11) is -2.55. The summed E-state index contributed by atoms with van der Waals surface area (Å²) >= 11 is 5.44. The summed E-state index contributed by atoms with van der Waals surface area (Å²) in [5.74, 6) is 0. The fraction of sp³-hybridized carbons (Fsp3) is 0. The molecule has 0 aliphatic carbocycles. The van der Waals surface area contributed by atoms with Gasteiger partial charge >= 0.3 is 0 Å². The Morgan fingerprint density at radius 3 is 0.724 bits per heavy atom. The van der Waals surface area contributed by atoms with Gasteiger partial charge in [-0.25, -0.2) is 0 Å². The summed E-state index contributed by atoms with van der Waals surface area (Å²) in [6.45, 7) is 0. The second-order valence-electron chi connectivity index (χ2n) is 37.5. The van der Waals surface area contributed by atoms with Gasteiger partial charge in [0.2, 0.25) is 0 Å². The normalized spacial score (nSPS) is 11.9. The molecule has 0 aliphatic rings. The van der Waals surface area contributed by atoms with E-state index in [0.717, 1.165) is 55.9 Å². The lowest BCUT2D eigenvalue weighted by molar-refractivity contribution is 1.13. The highest BCUT2D eigenvalue weighted by molar-refractivity contribution is 7.27. The second kappa shape index (κ2) is 35.4. The van der Waals surface area contributed by atoms with Gasteiger partial charge in [-0.2, -0.15) is 0 Å². The first kappa shape index (κ1) is 85.1. The Hall–Kier alpha value is -17.9. The highest BCUT2D eigenvalue weighted by Gasteiger charge is 2.41. The molecule has 21 aromatic carbocycles. The number of fused-ring (bicyclic) bond motifs is 24. The number of benzene rings is 21. The Balaban J connectivity index is 0.000000107. The summed E-state index contributed by atoms with van der Waals surface area (Å²) in [5.41, 5.74) is 27.9. The van der Waals surface area contributed by atoms with Gasteiger partial charge in [-0.1, -0.05) is 382 Å². The minimum atomic E-state index is -2.55. The van der Waals surface area contributed by atoms with Gasteiger partial charge in [0.25, 0.3) is 0 Å². The van der Waals surface area contributed by atoms with Crippen LogP contribution in [-0.2, 0) is 0 Å². The summed E-state index contributed by atoms with van der Waals surface area (Å²) < 4.78 is 14.8. The third-order valence-electron chi connectivity index (χ3n) is 29.4. The van der Waals surface area contributed by atoms with Gasteiger partial charge in [0.1, 0.15) is 0 Å². The molecule has 0 saturated heterocycles. The molecule has 0 bridgehead atoms. The van der Waals surface area contributed by atoms with Crippen LogP contribution in [0.4, 0.5) is 0 Å². The van der Waals surface area contributed by atoms with Crippen molar-refractivity contribution >= 4 is 221 Å². The predicted octanol–water partition coefficient (Wildman–Crippen LogP) is 34.5. The van der Waals surface area contributed by atoms with Crippen LogP contribution in [0.2, 0.25) is 0 Å². The van der Waals surface area contributed by atoms with Crippen molar-refractivity contribution in [1.82, 2.24) is 28.7 Å². The molecule has 145 heavy (non-hydrogen) atoms. The first-order valence-corrected chi connectivity index (χ1v) is 53.7. The molecule has 0 fully saturated rings. The molecule has 0 aliphatic heterocycles. The molecule has 0 saturated carbocycles. The highest BCUT2D eigenvalue weighted by Crippen LogP contribution is 2.46. The van der Waals surface area contributed by atoms with Crippen molar-refractivity contribution in [1.29, 1.82) is 0 Å². The number of pyridine rings is 3. The summed E-state index contributed by atoms with van der Waals surface area (Å²) in [4.78, 5) is 14.7. The minimum Gasteiger partial charge on any atom is -0.309 e. The van der Waals surface area contributed by atoms with E-state index in [9.17, 15) is 0 Å². The van der Waals surface area contributed by atoms with Crippen LogP contribution in [0.15, 0.2) is 522 Å². The van der Waals surface area contributed by atoms with Crippen molar-refractivity contribution in [2.45, 2.75) is 0 Å². The molecule has 9 heterocycles. The van der Waals surface area contributed by atoms with Crippen LogP contribution >= 0.6 is 34.0 Å². The van der Waals surface area contributed by atoms with Gasteiger partial charge in [0, 0.05) is 131 Å². The third-order valence-corrected chi connectivity index (χ3v) is 37.5. The Morgan fingerprint density at radius 2 is 0.393 bits per heavy atom. The van der Waals surface area contributed by atoms with Crippen molar-refractivity contribution in [2.24, 2.45) is 0 Å². The average Bonchev–Trinajstić information content (AvgIpc) is 1.21. The molecular formula is C135H86N6S3Si. The zero-order valence-electron chi connectivity index (χ0n) is 78.6. The standard InChI is InChI=1S/C51H31N3S.C45H31NSSi.C39H24N2S/c1-6-19-45-38(14-1)39-15-2-7-20-46(39)53(45)36-27-35(28-37(30-36)54-47-21-8-3-16-40(47)41-17-4-9-22-48(41)54)33-13-11-12-32(26-33)34-24-25-42-44(29-34)52-31-50-51(42)43-18-5-10-23-49(43)55-50;1-4-15-36(16-5-1)48(37-17-6-2-7-18-37,38-19-8-3-9-20-38)39-26-23-32(24-27-39)33-13-12-14-34(29-33)35-25-28-40-42(30-35)46-31-44-45(40)41-21-10-11-22-43(41)47-44;1-4-16-35-30(13-1)31-14-2-5-17-36(31)41(35)29-12-8-11-27(22-29)25-9-7-10-26(21-25)28-19-20-32-34(23-28)40-24-38-39(32)33-15-3-6-18-37(33)42-38/h1-31H;1-31H;1-24H. The van der Waals surface area contributed by atoms with E-state index in [0.29, 0.717) is 0 Å². The lowest BCUT2D eigenvalue weighted by atomic mass is 9.97. The minimum absolute atomic E-state index is 1.01. The molecule has 0 amide bonds. The number of aromatic nitrogens is 6. The van der Waals surface area contributed by atoms with E-state index in [1.807, 2.05) is 52.6 Å². The van der Waals surface area contributed by atoms with Crippen molar-refractivity contribution in [3.63, 3.8) is 0 Å². The largest absolute Gasteiger partial charge is 0.309 e. The van der Waals surface area contributed by atoms with Crippen LogP contribution in [0, 0.1) is 0 Å². The third kappa shape index (κ3) is 14.6. The smallest absolute Gasteiger partial charge is 0.179 e. The monoisotopic (exact) mass is 1910 g/mol. The van der Waals surface area contributed by atoms with E-state index in [4.69, 9.17) is 15.0 Å². The van der Waals surface area contributed by atoms with E-state index < -0.39 is 8.07 Å². The molecule has 30 rings (SSSR count). The van der Waals surface area contributed by atoms with Crippen molar-refractivity contribution < 1.29 is 0 Å². The topological polar surface area (TPSA) is 53.5 Å². The van der Waals surface area contributed by atoms with E-state index in [1.54, 1.807) is 0 Å². The molecule has 0 N–H and O–H groups in total. The summed E-state index contributed by atoms with van der Waals surface area (Å²) in [6.07, 6.45) is 6.11. The lowest BCUT2D eigenvalue weighted by Crippen LogP contribution is -2.74. The maximum absolute atomic E-state index is 4.96. The van der Waals surface area contributed by atoms with Crippen LogP contribution < -0.4 is 20.7 Å². The Morgan fingerprint density at radius 1 is 0.152 bits per heavy atom. The maximum atomic E-state index is 4.96. The second-order valence-corrected chi connectivity index (χ2v) is 44.6. The number of hydrogen-bond donors (Lipinski definition) is 0. The summed E-state index contributed by atoms with van der Waals surface area (Å²) in [5, 5.41) is 24.5. The van der Waals surface area contributed by atoms with Crippen LogP contribution in [0.25, 0.3) is 242 Å². The SMILES string of the molecule is c1cc(-c2cc(-n3c4ccccc4c4ccccc43)cc(-n3c4ccccc4c4ccccc43)c2)cc(-c2ccc3c(c2)ncc2sc4ccccc4c23)c1.c1cc(-c2cccc(-n3c4ccccc4c4ccccc43)c2)cc(-c2ccc3c(c2)ncc2sc4ccccc4c23)c1.c1ccc([Si](c2ccccc2)(c2ccccc2)c2ccc(-c3cccc(-c4ccc5c(c4)ncc4sc6ccccc6c45)c3)cc2)cc1. The maximum Gasteiger partial charge on any atom is 0.179 e. The fourth-order valence-electron chi connectivity index (χ4n) is 22.8. The van der Waals surface area contributed by atoms with Crippen LogP contribution in [-0.4, -0.2) is 36.7 Å². The van der Waals surface area contributed by atoms with Crippen LogP contribution in [0.1, 0.15) is 0 Å². The molecule has 0 atom stereocenters. The molecule has 0 radical (unpaired) electrons. The number of hydrogen-bond acceptors (Lipinski definition) is 6. The van der Waals surface area contributed by atoms with E-state index >= 15 is 0 Å². The molecule has 6 nitrogen and oxygen atoms in total. The number of rotatable bonds is 13. The van der Waals surface area contributed by atoms with Gasteiger partial charge in [0.15, 0.2) is 8.07 Å². The van der Waals surface area contributed by atoms with Gasteiger partial charge in [-0.15, -0.1) is 34.0 Å². The van der Waals surface area contributed by atoms with Crippen molar-refractivity contribution in [3.05, 3.63) is 522 Å². The molecule has 10 heteroatoms. The molecule has 0 unspecified atom stereocenters. The van der Waals surface area contributed by atoms with Crippen LogP contribution in [0.5, 0.6) is 0 Å². The fourth-order valence-corrected chi connectivity index (χ4v) is 30.8. The highest BCUT2D eigenvalue weighted by atomic mass is 32.1. The van der Waals surface area contributed by atoms with E-state index in [-0.39, 0.29) is 0 Å². The first-order chi connectivity index (χ1) is 71.9. The Labute approximate surface area is 849 Å².